The van der Waals surface area contributed by atoms with Crippen molar-refractivity contribution in [3.63, 3.8) is 0 Å². The fraction of sp³-hybridized carbons (Fsp3) is 0.154. The van der Waals surface area contributed by atoms with Gasteiger partial charge in [-0.2, -0.15) is 0 Å². The van der Waals surface area contributed by atoms with Crippen LogP contribution in [-0.4, -0.2) is 11.1 Å². The third-order valence-corrected chi connectivity index (χ3v) is 3.45. The lowest BCUT2D eigenvalue weighted by molar-refractivity contribution is -0.138. The van der Waals surface area contributed by atoms with Gasteiger partial charge in [0.05, 0.1) is 5.92 Å². The van der Waals surface area contributed by atoms with E-state index in [4.69, 9.17) is 0 Å². The molecule has 88 valence electrons. The number of benzene rings is 1. The van der Waals surface area contributed by atoms with Gasteiger partial charge in [0.15, 0.2) is 0 Å². The summed E-state index contributed by atoms with van der Waals surface area (Å²) in [6, 6.07) is 9.44. The highest BCUT2D eigenvalue weighted by Crippen LogP contribution is 2.24. The molecule has 0 spiro atoms. The van der Waals surface area contributed by atoms with Crippen LogP contribution in [0.15, 0.2) is 41.8 Å². The first-order valence-corrected chi connectivity index (χ1v) is 6.05. The van der Waals surface area contributed by atoms with Gasteiger partial charge in [0.1, 0.15) is 5.82 Å². The summed E-state index contributed by atoms with van der Waals surface area (Å²) in [6.45, 7) is 0. The van der Waals surface area contributed by atoms with Gasteiger partial charge < -0.3 is 5.11 Å². The Morgan fingerprint density at radius 3 is 2.53 bits per heavy atom. The van der Waals surface area contributed by atoms with Crippen LogP contribution < -0.4 is 0 Å². The summed E-state index contributed by atoms with van der Waals surface area (Å²) in [4.78, 5) is 12.2. The van der Waals surface area contributed by atoms with Crippen LogP contribution >= 0.6 is 11.3 Å². The van der Waals surface area contributed by atoms with E-state index in [1.54, 1.807) is 0 Å². The maximum absolute atomic E-state index is 12.8. The van der Waals surface area contributed by atoms with E-state index >= 15 is 0 Å². The van der Waals surface area contributed by atoms with Crippen molar-refractivity contribution in [3.05, 3.63) is 58.0 Å². The van der Waals surface area contributed by atoms with E-state index in [0.29, 0.717) is 12.0 Å². The molecule has 0 aliphatic heterocycles. The number of aliphatic carboxylic acids is 1. The van der Waals surface area contributed by atoms with Crippen LogP contribution in [0.4, 0.5) is 4.39 Å². The Balaban J connectivity index is 2.23. The fourth-order valence-electron chi connectivity index (χ4n) is 1.67. The lowest BCUT2D eigenvalue weighted by Crippen LogP contribution is -2.13. The Morgan fingerprint density at radius 1 is 1.29 bits per heavy atom. The van der Waals surface area contributed by atoms with Crippen LogP contribution in [0.3, 0.4) is 0 Å². The van der Waals surface area contributed by atoms with Crippen molar-refractivity contribution >= 4 is 17.3 Å². The normalized spacial score (nSPS) is 12.3. The van der Waals surface area contributed by atoms with E-state index in [1.165, 1.54) is 35.6 Å². The van der Waals surface area contributed by atoms with Gasteiger partial charge in [-0.3, -0.25) is 4.79 Å². The van der Waals surface area contributed by atoms with Gasteiger partial charge in [0, 0.05) is 4.88 Å². The van der Waals surface area contributed by atoms with Gasteiger partial charge >= 0.3 is 5.97 Å². The van der Waals surface area contributed by atoms with Gasteiger partial charge in [-0.25, -0.2) is 4.39 Å². The molecule has 1 heterocycles. The molecule has 0 amide bonds. The molecule has 2 aromatic rings. The summed E-state index contributed by atoms with van der Waals surface area (Å²) in [5.41, 5.74) is 0.632. The molecule has 0 fully saturated rings. The Labute approximate surface area is 102 Å². The summed E-state index contributed by atoms with van der Waals surface area (Å²) in [5.74, 6) is -1.85. The van der Waals surface area contributed by atoms with Gasteiger partial charge in [-0.15, -0.1) is 11.3 Å². The Bertz CT molecular complexity index is 491. The highest BCUT2D eigenvalue weighted by atomic mass is 32.1. The van der Waals surface area contributed by atoms with E-state index in [-0.39, 0.29) is 5.82 Å². The summed E-state index contributed by atoms with van der Waals surface area (Å²) >= 11 is 1.53. The fourth-order valence-corrected chi connectivity index (χ4v) is 2.42. The average Bonchev–Trinajstić information content (AvgIpc) is 2.80. The molecule has 0 saturated carbocycles. The Morgan fingerprint density at radius 2 is 2.00 bits per heavy atom. The van der Waals surface area contributed by atoms with Gasteiger partial charge in [0.2, 0.25) is 0 Å². The zero-order chi connectivity index (χ0) is 12.3. The molecule has 1 N–H and O–H groups in total. The standard InChI is InChI=1S/C13H11FO2S/c14-10-5-3-9(4-6-10)12(13(15)16)8-11-2-1-7-17-11/h1-7,12H,8H2,(H,15,16)/t12-/m0/s1. The first-order chi connectivity index (χ1) is 8.16. The van der Waals surface area contributed by atoms with Crippen LogP contribution in [0.1, 0.15) is 16.4 Å². The second-order valence-corrected chi connectivity index (χ2v) is 4.76. The largest absolute Gasteiger partial charge is 0.481 e. The molecule has 2 nitrogen and oxygen atoms in total. The lowest BCUT2D eigenvalue weighted by Gasteiger charge is -2.11. The minimum absolute atomic E-state index is 0.353. The summed E-state index contributed by atoms with van der Waals surface area (Å²) in [6.07, 6.45) is 0.443. The van der Waals surface area contributed by atoms with Crippen LogP contribution in [0.5, 0.6) is 0 Å². The molecule has 1 atom stereocenters. The SMILES string of the molecule is O=C(O)[C@@H](Cc1cccs1)c1ccc(F)cc1. The summed E-state index contributed by atoms with van der Waals surface area (Å²) < 4.78 is 12.8. The molecule has 0 bridgehead atoms. The van der Waals surface area contributed by atoms with Crippen LogP contribution in [0.2, 0.25) is 0 Å². The van der Waals surface area contributed by atoms with Crippen LogP contribution in [0.25, 0.3) is 0 Å². The second kappa shape index (κ2) is 5.10. The monoisotopic (exact) mass is 250 g/mol. The van der Waals surface area contributed by atoms with E-state index in [9.17, 15) is 14.3 Å². The van der Waals surface area contributed by atoms with Crippen molar-refractivity contribution in [2.45, 2.75) is 12.3 Å². The molecular weight excluding hydrogens is 239 g/mol. The summed E-state index contributed by atoms with van der Waals surface area (Å²) in [7, 11) is 0. The van der Waals surface area contributed by atoms with Gasteiger partial charge in [-0.05, 0) is 35.6 Å². The minimum Gasteiger partial charge on any atom is -0.481 e. The van der Waals surface area contributed by atoms with Crippen molar-refractivity contribution in [3.8, 4) is 0 Å². The van der Waals surface area contributed by atoms with Gasteiger partial charge in [-0.1, -0.05) is 18.2 Å². The molecule has 4 heteroatoms. The predicted octanol–water partition coefficient (Wildman–Crippen LogP) is 3.30. The third-order valence-electron chi connectivity index (χ3n) is 2.56. The number of rotatable bonds is 4. The molecule has 0 aliphatic carbocycles. The number of carbonyl (C=O) groups is 1. The maximum Gasteiger partial charge on any atom is 0.311 e. The average molecular weight is 250 g/mol. The number of hydrogen-bond donors (Lipinski definition) is 1. The van der Waals surface area contributed by atoms with Crippen molar-refractivity contribution in [1.82, 2.24) is 0 Å². The number of carboxylic acids is 1. The van der Waals surface area contributed by atoms with Crippen LogP contribution in [-0.2, 0) is 11.2 Å². The molecular formula is C13H11FO2S. The quantitative estimate of drug-likeness (QED) is 0.904. The number of hydrogen-bond acceptors (Lipinski definition) is 2. The zero-order valence-electron chi connectivity index (χ0n) is 8.97. The van der Waals surface area contributed by atoms with E-state index in [2.05, 4.69) is 0 Å². The molecule has 2 rings (SSSR count). The minimum atomic E-state index is -0.884. The summed E-state index contributed by atoms with van der Waals surface area (Å²) in [5, 5.41) is 11.1. The highest BCUT2D eigenvalue weighted by Gasteiger charge is 2.20. The molecule has 0 radical (unpaired) electrons. The maximum atomic E-state index is 12.8. The first-order valence-electron chi connectivity index (χ1n) is 5.17. The topological polar surface area (TPSA) is 37.3 Å². The Hall–Kier alpha value is -1.68. The van der Waals surface area contributed by atoms with Crippen molar-refractivity contribution < 1.29 is 14.3 Å². The van der Waals surface area contributed by atoms with E-state index in [1.807, 2.05) is 17.5 Å². The lowest BCUT2D eigenvalue weighted by atomic mass is 9.95. The zero-order valence-corrected chi connectivity index (χ0v) is 9.78. The predicted molar refractivity (Wildman–Crippen MR) is 64.8 cm³/mol. The molecule has 0 saturated heterocycles. The Kier molecular flexibility index (Phi) is 3.54. The molecule has 0 unspecified atom stereocenters. The molecule has 1 aromatic carbocycles. The molecule has 1 aromatic heterocycles. The van der Waals surface area contributed by atoms with Crippen molar-refractivity contribution in [2.75, 3.05) is 0 Å². The molecule has 0 aliphatic rings. The number of thiophene rings is 1. The first kappa shape index (κ1) is 11.8. The second-order valence-electron chi connectivity index (χ2n) is 3.73. The highest BCUT2D eigenvalue weighted by molar-refractivity contribution is 7.09. The number of halogens is 1. The van der Waals surface area contributed by atoms with E-state index < -0.39 is 11.9 Å². The van der Waals surface area contributed by atoms with Crippen LogP contribution in [0, 0.1) is 5.82 Å². The third kappa shape index (κ3) is 2.91. The van der Waals surface area contributed by atoms with Crippen molar-refractivity contribution in [2.24, 2.45) is 0 Å². The number of carboxylic acid groups (broad SMARTS) is 1. The van der Waals surface area contributed by atoms with Crippen molar-refractivity contribution in [1.29, 1.82) is 0 Å². The van der Waals surface area contributed by atoms with E-state index in [0.717, 1.165) is 4.88 Å². The molecule has 17 heavy (non-hydrogen) atoms. The smallest absolute Gasteiger partial charge is 0.311 e. The van der Waals surface area contributed by atoms with Gasteiger partial charge in [0.25, 0.3) is 0 Å².